The minimum absolute atomic E-state index is 0.169. The molecule has 7 heteroatoms. The molecule has 2 N–H and O–H groups in total. The van der Waals surface area contributed by atoms with E-state index in [1.807, 2.05) is 6.92 Å². The zero-order valence-electron chi connectivity index (χ0n) is 10.6. The molecule has 0 aliphatic rings. The first-order valence-electron chi connectivity index (χ1n) is 5.80. The van der Waals surface area contributed by atoms with Crippen LogP contribution in [0.2, 0.25) is 0 Å². The van der Waals surface area contributed by atoms with Crippen molar-refractivity contribution in [1.29, 1.82) is 0 Å². The number of thiazole rings is 1. The van der Waals surface area contributed by atoms with Crippen molar-refractivity contribution in [3.63, 3.8) is 0 Å². The molecule has 0 spiro atoms. The van der Waals surface area contributed by atoms with Crippen LogP contribution in [0, 0.1) is 12.7 Å². The van der Waals surface area contributed by atoms with Crippen LogP contribution in [0.25, 0.3) is 0 Å². The molecule has 0 saturated carbocycles. The average molecular weight is 293 g/mol. The van der Waals surface area contributed by atoms with E-state index in [1.165, 1.54) is 29.5 Å². The lowest BCUT2D eigenvalue weighted by Gasteiger charge is -2.05. The number of nitrogens with zero attached hydrogens (tertiary/aromatic N) is 1. The third-order valence-corrected chi connectivity index (χ3v) is 3.24. The van der Waals surface area contributed by atoms with Crippen LogP contribution >= 0.6 is 11.3 Å². The summed E-state index contributed by atoms with van der Waals surface area (Å²) in [6, 6.07) is 5.26. The molecular formula is C13H12FN3O2S. The molecule has 2 rings (SSSR count). The van der Waals surface area contributed by atoms with E-state index < -0.39 is 11.7 Å². The second kappa shape index (κ2) is 6.25. The van der Waals surface area contributed by atoms with E-state index in [9.17, 15) is 14.0 Å². The fourth-order valence-electron chi connectivity index (χ4n) is 1.47. The number of benzene rings is 1. The van der Waals surface area contributed by atoms with Crippen molar-refractivity contribution in [1.82, 2.24) is 10.3 Å². The summed E-state index contributed by atoms with van der Waals surface area (Å²) in [6.07, 6.45) is 0. The molecule has 20 heavy (non-hydrogen) atoms. The topological polar surface area (TPSA) is 71.1 Å². The number of carbonyl (C=O) groups is 2. The fourth-order valence-corrected chi connectivity index (χ4v) is 2.17. The van der Waals surface area contributed by atoms with E-state index in [0.29, 0.717) is 5.13 Å². The zero-order valence-corrected chi connectivity index (χ0v) is 11.5. The van der Waals surface area contributed by atoms with Gasteiger partial charge in [0.1, 0.15) is 5.82 Å². The number of rotatable bonds is 4. The Morgan fingerprint density at radius 2 is 2.20 bits per heavy atom. The van der Waals surface area contributed by atoms with Gasteiger partial charge in [-0.25, -0.2) is 9.37 Å². The van der Waals surface area contributed by atoms with Gasteiger partial charge in [-0.05, 0) is 25.1 Å². The number of halogens is 1. The van der Waals surface area contributed by atoms with Gasteiger partial charge in [0, 0.05) is 10.9 Å². The lowest BCUT2D eigenvalue weighted by molar-refractivity contribution is -0.115. The van der Waals surface area contributed by atoms with Gasteiger partial charge in [0.05, 0.1) is 12.2 Å². The molecule has 1 aromatic carbocycles. The van der Waals surface area contributed by atoms with Gasteiger partial charge in [0.15, 0.2) is 5.13 Å². The smallest absolute Gasteiger partial charge is 0.251 e. The summed E-state index contributed by atoms with van der Waals surface area (Å²) < 4.78 is 13.0. The van der Waals surface area contributed by atoms with E-state index in [0.717, 1.165) is 11.8 Å². The first-order valence-corrected chi connectivity index (χ1v) is 6.68. The first kappa shape index (κ1) is 14.1. The van der Waals surface area contributed by atoms with Crippen molar-refractivity contribution in [3.05, 3.63) is 46.7 Å². The zero-order chi connectivity index (χ0) is 14.5. The highest BCUT2D eigenvalue weighted by Gasteiger charge is 2.09. The van der Waals surface area contributed by atoms with Gasteiger partial charge < -0.3 is 10.6 Å². The van der Waals surface area contributed by atoms with Crippen molar-refractivity contribution < 1.29 is 14.0 Å². The Morgan fingerprint density at radius 3 is 2.85 bits per heavy atom. The molecule has 0 unspecified atom stereocenters. The molecule has 0 saturated heterocycles. The number of hydrogen-bond acceptors (Lipinski definition) is 4. The summed E-state index contributed by atoms with van der Waals surface area (Å²) in [5, 5.41) is 7.26. The third kappa shape index (κ3) is 3.86. The largest absolute Gasteiger partial charge is 0.343 e. The highest BCUT2D eigenvalue weighted by atomic mass is 32.1. The summed E-state index contributed by atoms with van der Waals surface area (Å²) in [6.45, 7) is 1.62. The monoisotopic (exact) mass is 293 g/mol. The van der Waals surface area contributed by atoms with Crippen LogP contribution in [0.15, 0.2) is 29.6 Å². The van der Waals surface area contributed by atoms with E-state index >= 15 is 0 Å². The molecule has 0 bridgehead atoms. The van der Waals surface area contributed by atoms with Crippen molar-refractivity contribution in [2.45, 2.75) is 6.92 Å². The molecule has 2 aromatic rings. The Labute approximate surface area is 118 Å². The molecule has 1 heterocycles. The van der Waals surface area contributed by atoms with E-state index in [4.69, 9.17) is 0 Å². The van der Waals surface area contributed by atoms with Crippen molar-refractivity contribution in [3.8, 4) is 0 Å². The van der Waals surface area contributed by atoms with Gasteiger partial charge >= 0.3 is 0 Å². The molecule has 5 nitrogen and oxygen atoms in total. The Balaban J connectivity index is 1.85. The van der Waals surface area contributed by atoms with E-state index in [-0.39, 0.29) is 18.0 Å². The van der Waals surface area contributed by atoms with Crippen molar-refractivity contribution in [2.24, 2.45) is 0 Å². The van der Waals surface area contributed by atoms with Crippen LogP contribution in [-0.4, -0.2) is 23.3 Å². The molecule has 0 atom stereocenters. The second-order valence-electron chi connectivity index (χ2n) is 4.04. The number of hydrogen-bond donors (Lipinski definition) is 2. The standard InChI is InChI=1S/C13H12FN3O2S/c1-8-7-20-13(16-8)17-11(18)6-15-12(19)9-3-2-4-10(14)5-9/h2-5,7H,6H2,1H3,(H,15,19)(H,16,17,18). The minimum Gasteiger partial charge on any atom is -0.343 e. The molecule has 104 valence electrons. The number of carbonyl (C=O) groups excluding carboxylic acids is 2. The Kier molecular flexibility index (Phi) is 4.41. The molecule has 0 aliphatic carbocycles. The molecule has 1 aromatic heterocycles. The lowest BCUT2D eigenvalue weighted by atomic mass is 10.2. The summed E-state index contributed by atoms with van der Waals surface area (Å²) in [4.78, 5) is 27.4. The molecule has 2 amide bonds. The van der Waals surface area contributed by atoms with Gasteiger partial charge in [0.25, 0.3) is 5.91 Å². The average Bonchev–Trinajstić information content (AvgIpc) is 2.81. The highest BCUT2D eigenvalue weighted by Crippen LogP contribution is 2.13. The van der Waals surface area contributed by atoms with E-state index in [2.05, 4.69) is 15.6 Å². The normalized spacial score (nSPS) is 10.1. The van der Waals surface area contributed by atoms with Crippen LogP contribution in [0.3, 0.4) is 0 Å². The first-order chi connectivity index (χ1) is 9.54. The summed E-state index contributed by atoms with van der Waals surface area (Å²) in [7, 11) is 0. The van der Waals surface area contributed by atoms with Gasteiger partial charge in [-0.15, -0.1) is 11.3 Å². The highest BCUT2D eigenvalue weighted by molar-refractivity contribution is 7.13. The minimum atomic E-state index is -0.505. The third-order valence-electron chi connectivity index (χ3n) is 2.36. The maximum atomic E-state index is 13.0. The van der Waals surface area contributed by atoms with Crippen molar-refractivity contribution >= 4 is 28.3 Å². The maximum absolute atomic E-state index is 13.0. The predicted octanol–water partition coefficient (Wildman–Crippen LogP) is 1.96. The van der Waals surface area contributed by atoms with E-state index in [1.54, 1.807) is 5.38 Å². The van der Waals surface area contributed by atoms with Crippen LogP contribution in [0.5, 0.6) is 0 Å². The van der Waals surface area contributed by atoms with Crippen LogP contribution in [-0.2, 0) is 4.79 Å². The van der Waals surface area contributed by atoms with Gasteiger partial charge in [-0.2, -0.15) is 0 Å². The summed E-state index contributed by atoms with van der Waals surface area (Å²) in [5.41, 5.74) is 0.983. The Morgan fingerprint density at radius 1 is 1.40 bits per heavy atom. The van der Waals surface area contributed by atoms with Crippen LogP contribution < -0.4 is 10.6 Å². The fraction of sp³-hybridized carbons (Fsp3) is 0.154. The van der Waals surface area contributed by atoms with Crippen molar-refractivity contribution in [2.75, 3.05) is 11.9 Å². The predicted molar refractivity (Wildman–Crippen MR) is 74.2 cm³/mol. The van der Waals surface area contributed by atoms with Gasteiger partial charge in [-0.3, -0.25) is 9.59 Å². The number of anilines is 1. The lowest BCUT2D eigenvalue weighted by Crippen LogP contribution is -2.32. The summed E-state index contributed by atoms with van der Waals surface area (Å²) in [5.74, 6) is -1.39. The molecule has 0 aliphatic heterocycles. The SMILES string of the molecule is Cc1csc(NC(=O)CNC(=O)c2cccc(F)c2)n1. The Bertz CT molecular complexity index is 642. The number of amides is 2. The number of nitrogens with one attached hydrogen (secondary N) is 2. The van der Waals surface area contributed by atoms with Gasteiger partial charge in [0.2, 0.25) is 5.91 Å². The molecule has 0 fully saturated rings. The number of aromatic nitrogens is 1. The van der Waals surface area contributed by atoms with Crippen LogP contribution in [0.4, 0.5) is 9.52 Å². The molecule has 0 radical (unpaired) electrons. The quantitative estimate of drug-likeness (QED) is 0.905. The molecular weight excluding hydrogens is 281 g/mol. The maximum Gasteiger partial charge on any atom is 0.251 e. The van der Waals surface area contributed by atoms with Gasteiger partial charge in [-0.1, -0.05) is 6.07 Å². The van der Waals surface area contributed by atoms with Crippen LogP contribution in [0.1, 0.15) is 16.1 Å². The Hall–Kier alpha value is -2.28. The number of aryl methyl sites for hydroxylation is 1. The second-order valence-corrected chi connectivity index (χ2v) is 4.89. The summed E-state index contributed by atoms with van der Waals surface area (Å²) >= 11 is 1.31.